The first-order valence-corrected chi connectivity index (χ1v) is 7.10. The summed E-state index contributed by atoms with van der Waals surface area (Å²) in [5.74, 6) is -0.632. The quantitative estimate of drug-likeness (QED) is 0.602. The van der Waals surface area contributed by atoms with Crippen molar-refractivity contribution in [1.29, 1.82) is 0 Å². The highest BCUT2D eigenvalue weighted by molar-refractivity contribution is 8.08. The molecule has 0 heterocycles. The van der Waals surface area contributed by atoms with Gasteiger partial charge in [0.2, 0.25) is 0 Å². The molecule has 0 N–H and O–H groups in total. The van der Waals surface area contributed by atoms with Gasteiger partial charge in [0.05, 0.1) is 11.5 Å². The highest BCUT2D eigenvalue weighted by atomic mass is 32.3. The third-order valence-corrected chi connectivity index (χ3v) is 5.46. The molecule has 4 nitrogen and oxygen atoms in total. The maximum atomic E-state index is 11.0. The summed E-state index contributed by atoms with van der Waals surface area (Å²) in [6.45, 7) is 6.46. The molecule has 0 aromatic heterocycles. The van der Waals surface area contributed by atoms with Gasteiger partial charge in [-0.3, -0.25) is 0 Å². The topological polar surface area (TPSA) is 68.3 Å². The van der Waals surface area contributed by atoms with Crippen molar-refractivity contribution in [3.63, 3.8) is 0 Å². The summed E-state index contributed by atoms with van der Waals surface area (Å²) in [4.78, 5) is 0. The van der Waals surface area contributed by atoms with Gasteiger partial charge in [-0.1, -0.05) is 12.2 Å². The fourth-order valence-electron chi connectivity index (χ4n) is 0.729. The summed E-state index contributed by atoms with van der Waals surface area (Å²) in [6.07, 6.45) is 2.33. The lowest BCUT2D eigenvalue weighted by molar-refractivity contribution is 0.592. The van der Waals surface area contributed by atoms with Crippen LogP contribution in [0.25, 0.3) is 0 Å². The lowest BCUT2D eigenvalue weighted by atomic mass is 10.8. The minimum atomic E-state index is -3.57. The predicted octanol–water partition coefficient (Wildman–Crippen LogP) is 0.146. The molecular weight excluding hydrogens is 212 g/mol. The number of sulfone groups is 2. The van der Waals surface area contributed by atoms with E-state index in [4.69, 9.17) is 0 Å². The summed E-state index contributed by atoms with van der Waals surface area (Å²) in [5, 5.41) is -0.835. The van der Waals surface area contributed by atoms with E-state index < -0.39 is 24.8 Å². The molecule has 0 bridgehead atoms. The zero-order valence-electron chi connectivity index (χ0n) is 7.14. The van der Waals surface area contributed by atoms with Crippen LogP contribution in [0, 0.1) is 0 Å². The lowest BCUT2D eigenvalue weighted by Crippen LogP contribution is -2.20. The van der Waals surface area contributed by atoms with E-state index in [0.29, 0.717) is 0 Å². The van der Waals surface area contributed by atoms with Gasteiger partial charge < -0.3 is 0 Å². The van der Waals surface area contributed by atoms with E-state index in [1.807, 2.05) is 0 Å². The van der Waals surface area contributed by atoms with Gasteiger partial charge in [0.25, 0.3) is 0 Å². The van der Waals surface area contributed by atoms with Crippen molar-refractivity contribution >= 4 is 19.7 Å². The molecule has 0 fully saturated rings. The monoisotopic (exact) mass is 224 g/mol. The Morgan fingerprint density at radius 3 is 1.38 bits per heavy atom. The molecule has 0 aliphatic rings. The molecule has 0 unspecified atom stereocenters. The standard InChI is InChI=1S/C7H12O4S2/c1-3-5-12(8,9)7-13(10,11)6-4-2/h3-4H,1-2,5-7H2. The summed E-state index contributed by atoms with van der Waals surface area (Å²) in [5.41, 5.74) is 0. The molecule has 6 heteroatoms. The second-order valence-corrected chi connectivity index (χ2v) is 7.10. The van der Waals surface area contributed by atoms with Gasteiger partial charge in [0.15, 0.2) is 24.8 Å². The minimum Gasteiger partial charge on any atom is -0.227 e. The van der Waals surface area contributed by atoms with Crippen LogP contribution < -0.4 is 0 Å². The van der Waals surface area contributed by atoms with Crippen LogP contribution >= 0.6 is 0 Å². The highest BCUT2D eigenvalue weighted by Gasteiger charge is 2.19. The Balaban J connectivity index is 4.62. The minimum absolute atomic E-state index is 0.316. The van der Waals surface area contributed by atoms with Crippen LogP contribution in [0.1, 0.15) is 0 Å². The summed E-state index contributed by atoms with van der Waals surface area (Å²) < 4.78 is 44.1. The first-order valence-electron chi connectivity index (χ1n) is 3.45. The van der Waals surface area contributed by atoms with Gasteiger partial charge in [0.1, 0.15) is 0 Å². The molecule has 0 spiro atoms. The summed E-state index contributed by atoms with van der Waals surface area (Å²) in [6, 6.07) is 0. The van der Waals surface area contributed by atoms with E-state index in [-0.39, 0.29) is 11.5 Å². The Labute approximate surface area is 78.8 Å². The van der Waals surface area contributed by atoms with Crippen molar-refractivity contribution in [3.05, 3.63) is 25.3 Å². The maximum absolute atomic E-state index is 11.0. The number of hydrogen-bond acceptors (Lipinski definition) is 4. The van der Waals surface area contributed by atoms with Crippen LogP contribution in [0.15, 0.2) is 25.3 Å². The molecule has 0 saturated carbocycles. The average molecular weight is 224 g/mol. The molecule has 0 aromatic rings. The fraction of sp³-hybridized carbons (Fsp3) is 0.429. The van der Waals surface area contributed by atoms with Gasteiger partial charge >= 0.3 is 0 Å². The largest absolute Gasteiger partial charge is 0.227 e. The van der Waals surface area contributed by atoms with Crippen molar-refractivity contribution in [2.45, 2.75) is 0 Å². The third-order valence-electron chi connectivity index (χ3n) is 1.10. The van der Waals surface area contributed by atoms with E-state index in [2.05, 4.69) is 13.2 Å². The van der Waals surface area contributed by atoms with Gasteiger partial charge in [-0.05, 0) is 0 Å². The molecule has 0 aliphatic carbocycles. The summed E-state index contributed by atoms with van der Waals surface area (Å²) in [7, 11) is -7.13. The number of hydrogen-bond donors (Lipinski definition) is 0. The molecule has 0 saturated heterocycles. The predicted molar refractivity (Wildman–Crippen MR) is 52.8 cm³/mol. The molecule has 0 aliphatic heterocycles. The molecular formula is C7H12O4S2. The zero-order chi connectivity index (χ0) is 10.5. The molecule has 0 amide bonds. The molecule has 13 heavy (non-hydrogen) atoms. The van der Waals surface area contributed by atoms with E-state index in [1.165, 1.54) is 12.2 Å². The Kier molecular flexibility index (Phi) is 4.35. The van der Waals surface area contributed by atoms with E-state index in [9.17, 15) is 16.8 Å². The Morgan fingerprint density at radius 1 is 0.846 bits per heavy atom. The highest BCUT2D eigenvalue weighted by Crippen LogP contribution is 1.99. The van der Waals surface area contributed by atoms with E-state index >= 15 is 0 Å². The second-order valence-electron chi connectivity index (χ2n) is 2.52. The van der Waals surface area contributed by atoms with Crippen LogP contribution in [0.4, 0.5) is 0 Å². The van der Waals surface area contributed by atoms with Gasteiger partial charge in [0, 0.05) is 0 Å². The summed E-state index contributed by atoms with van der Waals surface area (Å²) >= 11 is 0. The van der Waals surface area contributed by atoms with Gasteiger partial charge in [-0.25, -0.2) is 16.8 Å². The van der Waals surface area contributed by atoms with Crippen LogP contribution in [0.5, 0.6) is 0 Å². The van der Waals surface area contributed by atoms with Crippen molar-refractivity contribution < 1.29 is 16.8 Å². The Hall–Kier alpha value is -0.620. The van der Waals surface area contributed by atoms with Crippen LogP contribution in [-0.2, 0) is 19.7 Å². The first kappa shape index (κ1) is 12.4. The molecule has 0 atom stereocenters. The van der Waals surface area contributed by atoms with Crippen molar-refractivity contribution in [2.24, 2.45) is 0 Å². The SMILES string of the molecule is C=CCS(=O)(=O)CS(=O)(=O)CC=C. The first-order chi connectivity index (χ1) is 5.83. The Bertz CT molecular complexity index is 337. The lowest BCUT2D eigenvalue weighted by Gasteiger charge is -2.00. The van der Waals surface area contributed by atoms with Gasteiger partial charge in [-0.15, -0.1) is 13.2 Å². The van der Waals surface area contributed by atoms with Crippen LogP contribution in [0.2, 0.25) is 0 Å². The van der Waals surface area contributed by atoms with Crippen LogP contribution in [0.3, 0.4) is 0 Å². The maximum Gasteiger partial charge on any atom is 0.168 e. The Morgan fingerprint density at radius 2 is 1.15 bits per heavy atom. The fourth-order valence-corrected chi connectivity index (χ4v) is 4.41. The zero-order valence-corrected chi connectivity index (χ0v) is 8.77. The van der Waals surface area contributed by atoms with Crippen molar-refractivity contribution in [2.75, 3.05) is 16.6 Å². The molecule has 76 valence electrons. The number of rotatable bonds is 6. The molecule has 0 radical (unpaired) electrons. The van der Waals surface area contributed by atoms with E-state index in [1.54, 1.807) is 0 Å². The normalized spacial score (nSPS) is 12.3. The average Bonchev–Trinajstić information content (AvgIpc) is 1.82. The molecule has 0 aromatic carbocycles. The smallest absolute Gasteiger partial charge is 0.168 e. The second kappa shape index (κ2) is 4.57. The molecule has 0 rings (SSSR count). The van der Waals surface area contributed by atoms with Crippen molar-refractivity contribution in [1.82, 2.24) is 0 Å². The van der Waals surface area contributed by atoms with Crippen LogP contribution in [-0.4, -0.2) is 33.4 Å². The van der Waals surface area contributed by atoms with E-state index in [0.717, 1.165) is 0 Å². The third kappa shape index (κ3) is 5.59. The van der Waals surface area contributed by atoms with Gasteiger partial charge in [-0.2, -0.15) is 0 Å². The van der Waals surface area contributed by atoms with Crippen molar-refractivity contribution in [3.8, 4) is 0 Å².